The first-order chi connectivity index (χ1) is 27.4. The molecule has 0 aliphatic carbocycles. The van der Waals surface area contributed by atoms with Crippen LogP contribution in [0, 0.1) is 0 Å². The Morgan fingerprint density at radius 3 is 1.23 bits per heavy atom. The monoisotopic (exact) mass is 774 g/mol. The Morgan fingerprint density at radius 2 is 0.875 bits per heavy atom. The predicted molar refractivity (Wildman–Crippen MR) is 199 cm³/mol. The van der Waals surface area contributed by atoms with E-state index in [0.717, 1.165) is 0 Å². The molecule has 0 saturated carbocycles. The van der Waals surface area contributed by atoms with Crippen molar-refractivity contribution in [2.45, 2.75) is 26.4 Å². The van der Waals surface area contributed by atoms with Gasteiger partial charge in [-0.3, -0.25) is 21.0 Å². The first-order valence-electron chi connectivity index (χ1n) is 16.5. The minimum Gasteiger partial charge on any atom is -0.494 e. The molecule has 21 heteroatoms. The number of nitrogens with zero attached hydrogens (tertiary/aromatic N) is 7. The Kier molecular flexibility index (Phi) is 15.3. The number of ether oxygens (including phenoxy) is 2. The molecule has 0 saturated heterocycles. The van der Waals surface area contributed by atoms with E-state index >= 15 is 0 Å². The van der Waals surface area contributed by atoms with E-state index in [4.69, 9.17) is 30.5 Å². The van der Waals surface area contributed by atoms with Gasteiger partial charge in [-0.15, -0.1) is 0 Å². The van der Waals surface area contributed by atoms with Gasteiger partial charge in [0.1, 0.15) is 37.9 Å². The van der Waals surface area contributed by atoms with Gasteiger partial charge in [-0.1, -0.05) is 12.1 Å². The van der Waals surface area contributed by atoms with Gasteiger partial charge in [0, 0.05) is 18.7 Å². The van der Waals surface area contributed by atoms with Crippen LogP contribution in [0.3, 0.4) is 0 Å². The van der Waals surface area contributed by atoms with Crippen molar-refractivity contribution in [1.82, 2.24) is 15.0 Å². The molecule has 8 N–H and O–H groups in total. The van der Waals surface area contributed by atoms with Crippen LogP contribution in [-0.2, 0) is 46.0 Å². The van der Waals surface area contributed by atoms with Crippen molar-refractivity contribution < 1.29 is 55.2 Å². The third-order valence-electron chi connectivity index (χ3n) is 7.45. The molecule has 0 bridgehead atoms. The molecule has 5 aromatic rings. The average Bonchev–Trinajstić information content (AvgIpc) is 3.19. The number of methoxy groups -OCH3 is 2. The summed E-state index contributed by atoms with van der Waals surface area (Å²) in [6, 6.07) is 20.0. The summed E-state index contributed by atoms with van der Waals surface area (Å²) in [6.45, 7) is -0.388. The van der Waals surface area contributed by atoms with Gasteiger partial charge in [-0.05, 0) is 70.8 Å². The molecule has 5 rings (SSSR count). The quantitative estimate of drug-likeness (QED) is 0.0203. The smallest absolute Gasteiger partial charge is 0.233 e. The molecule has 0 spiro atoms. The molecular formula is C35H38N10O11. The van der Waals surface area contributed by atoms with Crippen LogP contribution in [0.15, 0.2) is 93.3 Å². The number of aliphatic hydroxyl groups is 1. The summed E-state index contributed by atoms with van der Waals surface area (Å²) in [5.74, 6) is 1.18. The van der Waals surface area contributed by atoms with Gasteiger partial charge in [-0.2, -0.15) is 35.4 Å². The fourth-order valence-corrected chi connectivity index (χ4v) is 5.13. The number of aromatic nitrogens is 3. The first kappa shape index (κ1) is 40.9. The zero-order valence-corrected chi connectivity index (χ0v) is 30.0. The average molecular weight is 775 g/mol. The van der Waals surface area contributed by atoms with Crippen molar-refractivity contribution in [2.24, 2.45) is 20.5 Å². The molecule has 21 nitrogen and oxygen atoms in total. The Balaban J connectivity index is 1.36. The van der Waals surface area contributed by atoms with E-state index in [9.17, 15) is 5.11 Å². The lowest BCUT2D eigenvalue weighted by molar-refractivity contribution is -0.254. The summed E-state index contributed by atoms with van der Waals surface area (Å²) in [6.07, 6.45) is 0. The molecule has 0 amide bonds. The van der Waals surface area contributed by atoms with Crippen LogP contribution in [0.1, 0.15) is 22.3 Å². The fraction of sp³-hybridized carbons (Fsp3) is 0.229. The van der Waals surface area contributed by atoms with E-state index in [1.807, 2.05) is 0 Å². The van der Waals surface area contributed by atoms with Crippen molar-refractivity contribution >= 4 is 52.0 Å². The number of hydrogen-bond acceptors (Lipinski definition) is 21. The molecule has 0 atom stereocenters. The highest BCUT2D eigenvalue weighted by atomic mass is 17.1. The van der Waals surface area contributed by atoms with Gasteiger partial charge in [-0.25, -0.2) is 19.6 Å². The van der Waals surface area contributed by atoms with E-state index in [1.165, 1.54) is 14.2 Å². The second-order valence-electron chi connectivity index (χ2n) is 11.5. The molecule has 0 radical (unpaired) electrons. The standard InChI is InChI=1S/C35H38N10O11/c1-51-31-15-25(42-44-27-11-21(17-53-47)9-22(12-27)18-54-48)3-5-29(31)37-34-39-33(36-7-8-46)40-35(41-34)38-30-6-4-26(16-32(30)52-2)43-45-28-13-23(19-55-49)10-24(14-28)20-56-50/h3-6,9-16,46-50H,7-8,17-20H2,1-2H3,(H3,36,37,38,39,40,41). The van der Waals surface area contributed by atoms with Gasteiger partial charge >= 0.3 is 0 Å². The van der Waals surface area contributed by atoms with Gasteiger partial charge in [0.25, 0.3) is 0 Å². The highest BCUT2D eigenvalue weighted by Gasteiger charge is 2.14. The van der Waals surface area contributed by atoms with Crippen molar-refractivity contribution in [3.63, 3.8) is 0 Å². The normalized spacial score (nSPS) is 11.3. The maximum atomic E-state index is 9.41. The number of aliphatic hydroxyl groups excluding tert-OH is 1. The first-order valence-corrected chi connectivity index (χ1v) is 16.5. The van der Waals surface area contributed by atoms with Crippen LogP contribution in [0.5, 0.6) is 11.5 Å². The summed E-state index contributed by atoms with van der Waals surface area (Å²) in [5.41, 5.74) is 5.07. The minimum absolute atomic E-state index is 0.0971. The van der Waals surface area contributed by atoms with Gasteiger partial charge in [0.2, 0.25) is 17.8 Å². The SMILES string of the molecule is COc1cc(N=Nc2cc(COO)cc(COO)c2)ccc1Nc1nc(NCCO)nc(Nc2ccc(N=Nc3cc(COO)cc(COO)c3)cc2OC)n1. The molecule has 0 fully saturated rings. The van der Waals surface area contributed by atoms with Crippen molar-refractivity contribution in [1.29, 1.82) is 0 Å². The fourth-order valence-electron chi connectivity index (χ4n) is 5.13. The van der Waals surface area contributed by atoms with Gasteiger partial charge < -0.3 is 30.5 Å². The van der Waals surface area contributed by atoms with Gasteiger partial charge in [0.05, 0.1) is 55.0 Å². The Labute approximate surface area is 318 Å². The number of azo groups is 2. The lowest BCUT2D eigenvalue weighted by atomic mass is 10.1. The Bertz CT molecular complexity index is 1930. The van der Waals surface area contributed by atoms with Crippen molar-refractivity contribution in [2.75, 3.05) is 43.3 Å². The number of rotatable bonds is 21. The predicted octanol–water partition coefficient (Wildman–Crippen LogP) is 7.57. The number of anilines is 5. The van der Waals surface area contributed by atoms with E-state index < -0.39 is 0 Å². The topological polar surface area (TPSA) is 281 Å². The molecule has 0 aliphatic rings. The lowest BCUT2D eigenvalue weighted by Gasteiger charge is -2.14. The second kappa shape index (κ2) is 21.0. The largest absolute Gasteiger partial charge is 0.494 e. The molecule has 4 aromatic carbocycles. The highest BCUT2D eigenvalue weighted by Crippen LogP contribution is 2.35. The summed E-state index contributed by atoms with van der Waals surface area (Å²) >= 11 is 0. The zero-order valence-electron chi connectivity index (χ0n) is 30.0. The highest BCUT2D eigenvalue weighted by molar-refractivity contribution is 5.70. The van der Waals surface area contributed by atoms with Crippen LogP contribution in [0.2, 0.25) is 0 Å². The maximum absolute atomic E-state index is 9.41. The summed E-state index contributed by atoms with van der Waals surface area (Å²) in [7, 11) is 2.97. The summed E-state index contributed by atoms with van der Waals surface area (Å²) < 4.78 is 11.2. The van der Waals surface area contributed by atoms with Gasteiger partial charge in [0.15, 0.2) is 0 Å². The molecule has 1 aromatic heterocycles. The number of benzene rings is 4. The van der Waals surface area contributed by atoms with E-state index in [-0.39, 0.29) is 57.4 Å². The van der Waals surface area contributed by atoms with Crippen LogP contribution >= 0.6 is 0 Å². The van der Waals surface area contributed by atoms with E-state index in [1.54, 1.807) is 72.8 Å². The number of nitrogens with one attached hydrogen (secondary N) is 3. The van der Waals surface area contributed by atoms with Crippen LogP contribution in [0.4, 0.5) is 52.0 Å². The maximum Gasteiger partial charge on any atom is 0.233 e. The van der Waals surface area contributed by atoms with E-state index in [2.05, 4.69) is 70.9 Å². The van der Waals surface area contributed by atoms with Crippen LogP contribution < -0.4 is 25.4 Å². The Hall–Kier alpha value is -6.27. The van der Waals surface area contributed by atoms with Crippen LogP contribution in [0.25, 0.3) is 0 Å². The molecule has 1 heterocycles. The van der Waals surface area contributed by atoms with Crippen molar-refractivity contribution in [3.8, 4) is 11.5 Å². The lowest BCUT2D eigenvalue weighted by Crippen LogP contribution is -2.12. The number of hydrogen-bond donors (Lipinski definition) is 8. The van der Waals surface area contributed by atoms with Crippen molar-refractivity contribution in [3.05, 3.63) is 95.1 Å². The summed E-state index contributed by atoms with van der Waals surface area (Å²) in [5, 5.41) is 71.2. The molecular weight excluding hydrogens is 736 g/mol. The molecule has 294 valence electrons. The molecule has 0 aliphatic heterocycles. The third-order valence-corrected chi connectivity index (χ3v) is 7.45. The minimum atomic E-state index is -0.170. The van der Waals surface area contributed by atoms with Crippen LogP contribution in [-0.4, -0.2) is 68.5 Å². The summed E-state index contributed by atoms with van der Waals surface area (Å²) in [4.78, 5) is 30.3. The molecule has 0 unspecified atom stereocenters. The Morgan fingerprint density at radius 1 is 0.500 bits per heavy atom. The third kappa shape index (κ3) is 11.9. The molecule has 56 heavy (non-hydrogen) atoms. The zero-order chi connectivity index (χ0) is 39.7. The van der Waals surface area contributed by atoms with E-state index in [0.29, 0.717) is 67.9 Å². The second-order valence-corrected chi connectivity index (χ2v) is 11.5.